The number of aryl methyl sites for hydroxylation is 1. The zero-order valence-corrected chi connectivity index (χ0v) is 13.4. The molecule has 0 aromatic carbocycles. The third-order valence-electron chi connectivity index (χ3n) is 4.38. The Morgan fingerprint density at radius 3 is 2.85 bits per heavy atom. The van der Waals surface area contributed by atoms with E-state index in [1.165, 1.54) is 36.9 Å². The van der Waals surface area contributed by atoms with E-state index >= 15 is 0 Å². The molecular weight excluding hydrogens is 246 g/mol. The van der Waals surface area contributed by atoms with Crippen molar-refractivity contribution in [3.05, 3.63) is 23.5 Å². The normalized spacial score (nSPS) is 22.5. The summed E-state index contributed by atoms with van der Waals surface area (Å²) in [7, 11) is 0. The van der Waals surface area contributed by atoms with Gasteiger partial charge in [0, 0.05) is 41.8 Å². The molecule has 2 heterocycles. The van der Waals surface area contributed by atoms with Gasteiger partial charge in [-0.2, -0.15) is 0 Å². The maximum absolute atomic E-state index is 4.50. The maximum Gasteiger partial charge on any atom is 0.0450 e. The van der Waals surface area contributed by atoms with Crippen molar-refractivity contribution in [2.45, 2.75) is 72.0 Å². The van der Waals surface area contributed by atoms with E-state index in [-0.39, 0.29) is 0 Å². The Balaban J connectivity index is 2.25. The second-order valence-corrected chi connectivity index (χ2v) is 6.03. The van der Waals surface area contributed by atoms with Crippen LogP contribution in [0, 0.1) is 6.92 Å². The van der Waals surface area contributed by atoms with Crippen molar-refractivity contribution in [1.82, 2.24) is 10.3 Å². The molecule has 0 aliphatic carbocycles. The fraction of sp³-hybridized carbons (Fsp3) is 0.706. The van der Waals surface area contributed by atoms with Gasteiger partial charge < -0.3 is 10.2 Å². The highest BCUT2D eigenvalue weighted by molar-refractivity contribution is 5.56. The molecule has 1 aromatic heterocycles. The van der Waals surface area contributed by atoms with E-state index in [1.807, 2.05) is 0 Å². The van der Waals surface area contributed by atoms with Crippen LogP contribution in [0.25, 0.3) is 0 Å². The minimum atomic E-state index is 0.645. The van der Waals surface area contributed by atoms with Crippen LogP contribution in [0.15, 0.2) is 12.3 Å². The first-order valence-electron chi connectivity index (χ1n) is 8.11. The molecule has 112 valence electrons. The topological polar surface area (TPSA) is 28.2 Å². The SMILES string of the molecule is CCCNCc1cnc(C)cc1N1C(C)CCC1CC. The molecule has 0 saturated carbocycles. The molecule has 20 heavy (non-hydrogen) atoms. The second kappa shape index (κ2) is 7.07. The molecule has 1 aliphatic rings. The van der Waals surface area contributed by atoms with Crippen LogP contribution in [0.3, 0.4) is 0 Å². The average molecular weight is 275 g/mol. The molecular formula is C17H29N3. The van der Waals surface area contributed by atoms with E-state index in [0.717, 1.165) is 18.8 Å². The van der Waals surface area contributed by atoms with Gasteiger partial charge in [-0.05, 0) is 52.1 Å². The highest BCUT2D eigenvalue weighted by Gasteiger charge is 2.30. The van der Waals surface area contributed by atoms with Crippen LogP contribution >= 0.6 is 0 Å². The number of anilines is 1. The molecule has 0 radical (unpaired) electrons. The molecule has 0 amide bonds. The Kier molecular flexibility index (Phi) is 5.41. The summed E-state index contributed by atoms with van der Waals surface area (Å²) in [6.07, 6.45) is 7.09. The van der Waals surface area contributed by atoms with E-state index in [4.69, 9.17) is 0 Å². The summed E-state index contributed by atoms with van der Waals surface area (Å²) < 4.78 is 0. The summed E-state index contributed by atoms with van der Waals surface area (Å²) in [6, 6.07) is 3.61. The predicted octanol–water partition coefficient (Wildman–Crippen LogP) is 3.66. The molecule has 1 N–H and O–H groups in total. The number of hydrogen-bond donors (Lipinski definition) is 1. The van der Waals surface area contributed by atoms with Gasteiger partial charge in [0.05, 0.1) is 0 Å². The third-order valence-corrected chi connectivity index (χ3v) is 4.38. The first kappa shape index (κ1) is 15.3. The highest BCUT2D eigenvalue weighted by Crippen LogP contribution is 2.34. The molecule has 1 aliphatic heterocycles. The van der Waals surface area contributed by atoms with Crippen molar-refractivity contribution in [1.29, 1.82) is 0 Å². The van der Waals surface area contributed by atoms with Gasteiger partial charge in [0.15, 0.2) is 0 Å². The second-order valence-electron chi connectivity index (χ2n) is 6.03. The van der Waals surface area contributed by atoms with Crippen molar-refractivity contribution in [2.75, 3.05) is 11.4 Å². The highest BCUT2D eigenvalue weighted by atomic mass is 15.2. The van der Waals surface area contributed by atoms with Crippen molar-refractivity contribution in [3.63, 3.8) is 0 Å². The summed E-state index contributed by atoms with van der Waals surface area (Å²) in [5.74, 6) is 0. The van der Waals surface area contributed by atoms with E-state index in [0.29, 0.717) is 12.1 Å². The van der Waals surface area contributed by atoms with E-state index in [9.17, 15) is 0 Å². The minimum Gasteiger partial charge on any atom is -0.365 e. The lowest BCUT2D eigenvalue weighted by Crippen LogP contribution is -2.35. The van der Waals surface area contributed by atoms with Crippen LogP contribution in [-0.4, -0.2) is 23.6 Å². The van der Waals surface area contributed by atoms with Crippen LogP contribution in [0.4, 0.5) is 5.69 Å². The number of nitrogens with zero attached hydrogens (tertiary/aromatic N) is 2. The van der Waals surface area contributed by atoms with Crippen LogP contribution in [0.2, 0.25) is 0 Å². The molecule has 1 aromatic rings. The molecule has 1 fully saturated rings. The smallest absolute Gasteiger partial charge is 0.0450 e. The van der Waals surface area contributed by atoms with Crippen molar-refractivity contribution >= 4 is 5.69 Å². The standard InChI is InChI=1S/C17H29N3/c1-5-9-18-11-15-12-19-13(3)10-17(15)20-14(4)7-8-16(20)6-2/h10,12,14,16,18H,5-9,11H2,1-4H3. The van der Waals surface area contributed by atoms with E-state index in [2.05, 4.69) is 55.2 Å². The lowest BCUT2D eigenvalue weighted by atomic mass is 10.1. The van der Waals surface area contributed by atoms with Gasteiger partial charge in [-0.25, -0.2) is 0 Å². The fourth-order valence-electron chi connectivity index (χ4n) is 3.26. The zero-order chi connectivity index (χ0) is 14.5. The zero-order valence-electron chi connectivity index (χ0n) is 13.4. The van der Waals surface area contributed by atoms with Crippen LogP contribution in [-0.2, 0) is 6.54 Å². The van der Waals surface area contributed by atoms with Gasteiger partial charge >= 0.3 is 0 Å². The minimum absolute atomic E-state index is 0.645. The molecule has 1 saturated heterocycles. The quantitative estimate of drug-likeness (QED) is 0.803. The first-order valence-corrected chi connectivity index (χ1v) is 8.11. The molecule has 0 spiro atoms. The van der Waals surface area contributed by atoms with E-state index in [1.54, 1.807) is 0 Å². The third kappa shape index (κ3) is 3.32. The van der Waals surface area contributed by atoms with Gasteiger partial charge in [0.2, 0.25) is 0 Å². The number of nitrogens with one attached hydrogen (secondary N) is 1. The van der Waals surface area contributed by atoms with Crippen LogP contribution < -0.4 is 10.2 Å². The maximum atomic E-state index is 4.50. The summed E-state index contributed by atoms with van der Waals surface area (Å²) >= 11 is 0. The fourth-order valence-corrected chi connectivity index (χ4v) is 3.26. The predicted molar refractivity (Wildman–Crippen MR) is 86.2 cm³/mol. The summed E-state index contributed by atoms with van der Waals surface area (Å²) in [5, 5.41) is 3.52. The van der Waals surface area contributed by atoms with Gasteiger partial charge in [-0.3, -0.25) is 4.98 Å². The molecule has 2 rings (SSSR count). The van der Waals surface area contributed by atoms with Gasteiger partial charge in [-0.1, -0.05) is 13.8 Å². The Bertz CT molecular complexity index is 430. The van der Waals surface area contributed by atoms with Gasteiger partial charge in [-0.15, -0.1) is 0 Å². The lowest BCUT2D eigenvalue weighted by molar-refractivity contribution is 0.617. The Morgan fingerprint density at radius 2 is 2.15 bits per heavy atom. The largest absolute Gasteiger partial charge is 0.365 e. The Hall–Kier alpha value is -1.09. The number of aromatic nitrogens is 1. The Labute approximate surface area is 123 Å². The number of rotatable bonds is 6. The van der Waals surface area contributed by atoms with Gasteiger partial charge in [0.1, 0.15) is 0 Å². The van der Waals surface area contributed by atoms with Crippen molar-refractivity contribution in [3.8, 4) is 0 Å². The monoisotopic (exact) mass is 275 g/mol. The number of hydrogen-bond acceptors (Lipinski definition) is 3. The lowest BCUT2D eigenvalue weighted by Gasteiger charge is -2.32. The average Bonchev–Trinajstić information content (AvgIpc) is 2.81. The molecule has 2 atom stereocenters. The molecule has 3 nitrogen and oxygen atoms in total. The van der Waals surface area contributed by atoms with Crippen LogP contribution in [0.5, 0.6) is 0 Å². The Morgan fingerprint density at radius 1 is 1.35 bits per heavy atom. The van der Waals surface area contributed by atoms with Crippen molar-refractivity contribution in [2.24, 2.45) is 0 Å². The molecule has 3 heteroatoms. The summed E-state index contributed by atoms with van der Waals surface area (Å²) in [5.41, 5.74) is 3.86. The van der Waals surface area contributed by atoms with Crippen LogP contribution in [0.1, 0.15) is 57.7 Å². The number of pyridine rings is 1. The van der Waals surface area contributed by atoms with E-state index < -0.39 is 0 Å². The summed E-state index contributed by atoms with van der Waals surface area (Å²) in [4.78, 5) is 7.14. The molecule has 0 bridgehead atoms. The van der Waals surface area contributed by atoms with Crippen molar-refractivity contribution < 1.29 is 0 Å². The summed E-state index contributed by atoms with van der Waals surface area (Å²) in [6.45, 7) is 11.0. The first-order chi connectivity index (χ1) is 9.67. The molecule has 2 unspecified atom stereocenters. The van der Waals surface area contributed by atoms with Gasteiger partial charge in [0.25, 0.3) is 0 Å².